The quantitative estimate of drug-likeness (QED) is 0.751. The first-order valence-corrected chi connectivity index (χ1v) is 5.89. The molecule has 0 bridgehead atoms. The predicted molar refractivity (Wildman–Crippen MR) is 60.5 cm³/mol. The van der Waals surface area contributed by atoms with Crippen molar-refractivity contribution in [3.63, 3.8) is 0 Å². The molecule has 0 aromatic heterocycles. The van der Waals surface area contributed by atoms with Gasteiger partial charge in [0.05, 0.1) is 6.10 Å². The molecule has 2 nitrogen and oxygen atoms in total. The Hall–Kier alpha value is -0.0800. The van der Waals surface area contributed by atoms with Crippen molar-refractivity contribution in [3.05, 3.63) is 0 Å². The zero-order valence-corrected chi connectivity index (χ0v) is 10.1. The highest BCUT2D eigenvalue weighted by Gasteiger charge is 2.28. The third-order valence-corrected chi connectivity index (χ3v) is 3.02. The molecule has 2 unspecified atom stereocenters. The van der Waals surface area contributed by atoms with Gasteiger partial charge >= 0.3 is 0 Å². The maximum Gasteiger partial charge on any atom is 0.0591 e. The molecule has 0 amide bonds. The molecule has 0 aromatic carbocycles. The van der Waals surface area contributed by atoms with Crippen LogP contribution >= 0.6 is 0 Å². The number of hydrogen-bond acceptors (Lipinski definition) is 2. The molecule has 0 spiro atoms. The molecule has 0 aliphatic carbocycles. The lowest BCUT2D eigenvalue weighted by molar-refractivity contribution is 0.0784. The van der Waals surface area contributed by atoms with Crippen LogP contribution in [0.2, 0.25) is 0 Å². The molecular weight excluding hydrogens is 174 g/mol. The van der Waals surface area contributed by atoms with Crippen molar-refractivity contribution in [1.29, 1.82) is 0 Å². The van der Waals surface area contributed by atoms with Crippen molar-refractivity contribution in [2.45, 2.75) is 59.1 Å². The fraction of sp³-hybridized carbons (Fsp3) is 1.00. The summed E-state index contributed by atoms with van der Waals surface area (Å²) in [5, 5.41) is 3.57. The van der Waals surface area contributed by atoms with E-state index in [4.69, 9.17) is 4.74 Å². The van der Waals surface area contributed by atoms with Crippen molar-refractivity contribution >= 4 is 0 Å². The number of ether oxygens (including phenoxy) is 1. The lowest BCUT2D eigenvalue weighted by Gasteiger charge is -2.33. The fourth-order valence-electron chi connectivity index (χ4n) is 2.08. The number of nitrogens with one attached hydrogen (secondary N) is 1. The molecule has 1 aliphatic rings. The van der Waals surface area contributed by atoms with Gasteiger partial charge in [-0.2, -0.15) is 0 Å². The van der Waals surface area contributed by atoms with Crippen LogP contribution in [0, 0.1) is 5.41 Å². The molecule has 2 atom stereocenters. The minimum Gasteiger partial charge on any atom is -0.378 e. The minimum atomic E-state index is 0.335. The number of hydrogen-bond donors (Lipinski definition) is 1. The second-order valence-electron chi connectivity index (χ2n) is 5.35. The molecule has 0 saturated carbocycles. The first-order valence-electron chi connectivity index (χ1n) is 5.89. The Balaban J connectivity index is 2.41. The van der Waals surface area contributed by atoms with Gasteiger partial charge in [0.25, 0.3) is 0 Å². The Morgan fingerprint density at radius 1 is 1.43 bits per heavy atom. The fourth-order valence-corrected chi connectivity index (χ4v) is 2.08. The van der Waals surface area contributed by atoms with Gasteiger partial charge in [-0.1, -0.05) is 27.7 Å². The van der Waals surface area contributed by atoms with Crippen LogP contribution in [0.5, 0.6) is 0 Å². The van der Waals surface area contributed by atoms with Crippen LogP contribution < -0.4 is 5.32 Å². The molecule has 1 heterocycles. The summed E-state index contributed by atoms with van der Waals surface area (Å²) in [6.07, 6.45) is 4.15. The zero-order valence-electron chi connectivity index (χ0n) is 10.1. The second-order valence-corrected chi connectivity index (χ2v) is 5.35. The van der Waals surface area contributed by atoms with Crippen LogP contribution in [0.3, 0.4) is 0 Å². The lowest BCUT2D eigenvalue weighted by atomic mass is 9.83. The monoisotopic (exact) mass is 199 g/mol. The normalized spacial score (nSPS) is 25.3. The summed E-state index contributed by atoms with van der Waals surface area (Å²) in [5.41, 5.74) is 0.335. The van der Waals surface area contributed by atoms with E-state index in [1.807, 2.05) is 0 Å². The molecule has 1 saturated heterocycles. The molecule has 1 fully saturated rings. The first-order chi connectivity index (χ1) is 6.54. The van der Waals surface area contributed by atoms with Crippen molar-refractivity contribution in [2.75, 3.05) is 13.2 Å². The molecule has 0 radical (unpaired) electrons. The van der Waals surface area contributed by atoms with E-state index >= 15 is 0 Å². The average Bonchev–Trinajstić information content (AvgIpc) is 2.54. The molecule has 1 rings (SSSR count). The largest absolute Gasteiger partial charge is 0.378 e. The Bertz CT molecular complexity index is 156. The maximum absolute atomic E-state index is 5.68. The Morgan fingerprint density at radius 3 is 2.57 bits per heavy atom. The van der Waals surface area contributed by atoms with Gasteiger partial charge in [-0.15, -0.1) is 0 Å². The van der Waals surface area contributed by atoms with E-state index in [1.165, 1.54) is 12.8 Å². The molecule has 14 heavy (non-hydrogen) atoms. The SMILES string of the molecule is CCNC(CC1CCCO1)C(C)(C)C. The molecular formula is C12H25NO. The molecule has 1 N–H and O–H groups in total. The summed E-state index contributed by atoms with van der Waals surface area (Å²) in [7, 11) is 0. The Labute approximate surface area is 88.4 Å². The summed E-state index contributed by atoms with van der Waals surface area (Å²) in [6.45, 7) is 11.1. The van der Waals surface area contributed by atoms with Gasteiger partial charge in [-0.25, -0.2) is 0 Å². The van der Waals surface area contributed by atoms with E-state index < -0.39 is 0 Å². The lowest BCUT2D eigenvalue weighted by Crippen LogP contribution is -2.42. The van der Waals surface area contributed by atoms with Crippen LogP contribution in [0.25, 0.3) is 0 Å². The first kappa shape index (κ1) is 12.0. The van der Waals surface area contributed by atoms with E-state index in [9.17, 15) is 0 Å². The van der Waals surface area contributed by atoms with Gasteiger partial charge in [-0.3, -0.25) is 0 Å². The van der Waals surface area contributed by atoms with Crippen molar-refractivity contribution in [2.24, 2.45) is 5.41 Å². The van der Waals surface area contributed by atoms with Gasteiger partial charge < -0.3 is 10.1 Å². The van der Waals surface area contributed by atoms with E-state index in [2.05, 4.69) is 33.0 Å². The van der Waals surface area contributed by atoms with Gasteiger partial charge in [0.1, 0.15) is 0 Å². The van der Waals surface area contributed by atoms with Crippen molar-refractivity contribution < 1.29 is 4.74 Å². The van der Waals surface area contributed by atoms with E-state index in [-0.39, 0.29) is 0 Å². The van der Waals surface area contributed by atoms with Crippen molar-refractivity contribution in [1.82, 2.24) is 5.32 Å². The third kappa shape index (κ3) is 3.58. The molecule has 0 aromatic rings. The van der Waals surface area contributed by atoms with Gasteiger partial charge in [0.15, 0.2) is 0 Å². The minimum absolute atomic E-state index is 0.335. The summed E-state index contributed by atoms with van der Waals surface area (Å²) in [5.74, 6) is 0. The van der Waals surface area contributed by atoms with E-state index in [0.717, 1.165) is 19.6 Å². The second kappa shape index (κ2) is 5.13. The highest BCUT2D eigenvalue weighted by atomic mass is 16.5. The van der Waals surface area contributed by atoms with Gasteiger partial charge in [0, 0.05) is 12.6 Å². The standard InChI is InChI=1S/C12H25NO/c1-5-13-11(12(2,3)4)9-10-7-6-8-14-10/h10-11,13H,5-9H2,1-4H3. The van der Waals surface area contributed by atoms with Crippen LogP contribution in [0.1, 0.15) is 47.0 Å². The Kier molecular flexibility index (Phi) is 4.39. The van der Waals surface area contributed by atoms with E-state index in [1.54, 1.807) is 0 Å². The maximum atomic E-state index is 5.68. The van der Waals surface area contributed by atoms with Gasteiger partial charge in [0.2, 0.25) is 0 Å². The molecule has 84 valence electrons. The summed E-state index contributed by atoms with van der Waals surface area (Å²) in [4.78, 5) is 0. The highest BCUT2D eigenvalue weighted by Crippen LogP contribution is 2.26. The van der Waals surface area contributed by atoms with E-state index in [0.29, 0.717) is 17.6 Å². The summed E-state index contributed by atoms with van der Waals surface area (Å²) in [6, 6.07) is 0.579. The Morgan fingerprint density at radius 2 is 2.14 bits per heavy atom. The summed E-state index contributed by atoms with van der Waals surface area (Å²) >= 11 is 0. The molecule has 1 aliphatic heterocycles. The van der Waals surface area contributed by atoms with Crippen LogP contribution in [0.4, 0.5) is 0 Å². The summed E-state index contributed by atoms with van der Waals surface area (Å²) < 4.78 is 5.68. The topological polar surface area (TPSA) is 21.3 Å². The smallest absolute Gasteiger partial charge is 0.0591 e. The molecule has 2 heteroatoms. The van der Waals surface area contributed by atoms with Crippen LogP contribution in [-0.4, -0.2) is 25.3 Å². The van der Waals surface area contributed by atoms with Crippen molar-refractivity contribution in [3.8, 4) is 0 Å². The van der Waals surface area contributed by atoms with Crippen LogP contribution in [0.15, 0.2) is 0 Å². The van der Waals surface area contributed by atoms with Crippen LogP contribution in [-0.2, 0) is 4.74 Å². The third-order valence-electron chi connectivity index (χ3n) is 3.02. The zero-order chi connectivity index (χ0) is 10.6. The van der Waals surface area contributed by atoms with Gasteiger partial charge in [-0.05, 0) is 31.2 Å². The highest BCUT2D eigenvalue weighted by molar-refractivity contribution is 4.84. The number of rotatable bonds is 4. The average molecular weight is 199 g/mol. The predicted octanol–water partition coefficient (Wildman–Crippen LogP) is 2.58.